The molecule has 7 nitrogen and oxygen atoms in total. The maximum Gasteiger partial charge on any atom is 0.338 e. The van der Waals surface area contributed by atoms with Crippen molar-refractivity contribution in [2.75, 3.05) is 52.9 Å². The van der Waals surface area contributed by atoms with Gasteiger partial charge < -0.3 is 15.0 Å². The third-order valence-corrected chi connectivity index (χ3v) is 6.19. The molecule has 3 rings (SSSR count). The molecule has 1 fully saturated rings. The Morgan fingerprint density at radius 3 is 2.43 bits per heavy atom. The average Bonchev–Trinajstić information content (AvgIpc) is 2.72. The standard InChI is InChI=1S/C21H28Cl2N4O3/c1-4-26-8-10-27(11-9-26)13-17-18(20(28)30-5-2)19(24-21(29)25(17)3)15-7-6-14(22)12-16(15)23/h6-7,12,19H,4-5,8-11,13H2,1-3H3,(H,24,29). The summed E-state index contributed by atoms with van der Waals surface area (Å²) in [5.74, 6) is -0.456. The topological polar surface area (TPSA) is 65.1 Å². The molecule has 30 heavy (non-hydrogen) atoms. The number of nitrogens with zero attached hydrogens (tertiary/aromatic N) is 3. The Balaban J connectivity index is 2.01. The lowest BCUT2D eigenvalue weighted by Gasteiger charge is -2.39. The van der Waals surface area contributed by atoms with E-state index in [0.717, 1.165) is 32.7 Å². The summed E-state index contributed by atoms with van der Waals surface area (Å²) in [6.07, 6.45) is 0. The first-order chi connectivity index (χ1) is 14.3. The van der Waals surface area contributed by atoms with E-state index in [1.807, 2.05) is 0 Å². The molecular formula is C21H28Cl2N4O3. The second kappa shape index (κ2) is 10.0. The molecule has 1 N–H and O–H groups in total. The van der Waals surface area contributed by atoms with E-state index in [9.17, 15) is 9.59 Å². The number of carbonyl (C=O) groups is 2. The number of ether oxygens (including phenoxy) is 1. The fourth-order valence-corrected chi connectivity index (χ4v) is 4.36. The van der Waals surface area contributed by atoms with Crippen LogP contribution in [0.1, 0.15) is 25.5 Å². The lowest BCUT2D eigenvalue weighted by atomic mass is 9.94. The Labute approximate surface area is 187 Å². The van der Waals surface area contributed by atoms with E-state index < -0.39 is 12.0 Å². The van der Waals surface area contributed by atoms with Crippen LogP contribution in [0.2, 0.25) is 10.0 Å². The highest BCUT2D eigenvalue weighted by Gasteiger charge is 2.38. The van der Waals surface area contributed by atoms with Gasteiger partial charge in [-0.15, -0.1) is 0 Å². The molecule has 2 amide bonds. The SMILES string of the molecule is CCOC(=O)C1=C(CN2CCN(CC)CC2)N(C)C(=O)NC1c1ccc(Cl)cc1Cl. The predicted octanol–water partition coefficient (Wildman–Crippen LogP) is 3.14. The number of benzene rings is 1. The normalized spacial score (nSPS) is 21.0. The minimum atomic E-state index is -0.704. The van der Waals surface area contributed by atoms with Crippen LogP contribution >= 0.6 is 23.2 Å². The van der Waals surface area contributed by atoms with Crippen LogP contribution in [-0.2, 0) is 9.53 Å². The molecule has 164 valence electrons. The Morgan fingerprint density at radius 1 is 1.17 bits per heavy atom. The maximum absolute atomic E-state index is 13.0. The summed E-state index contributed by atoms with van der Waals surface area (Å²) in [6, 6.07) is 4.04. The zero-order valence-electron chi connectivity index (χ0n) is 17.6. The van der Waals surface area contributed by atoms with E-state index in [0.29, 0.717) is 33.4 Å². The van der Waals surface area contributed by atoms with Crippen LogP contribution in [-0.4, -0.2) is 79.6 Å². The van der Waals surface area contributed by atoms with Crippen molar-refractivity contribution in [3.8, 4) is 0 Å². The molecule has 1 saturated heterocycles. The molecule has 1 aromatic carbocycles. The molecule has 1 unspecified atom stereocenters. The Hall–Kier alpha value is -1.80. The molecule has 1 atom stereocenters. The Kier molecular flexibility index (Phi) is 7.63. The minimum absolute atomic E-state index is 0.240. The molecule has 2 aliphatic heterocycles. The highest BCUT2D eigenvalue weighted by atomic mass is 35.5. The van der Waals surface area contributed by atoms with Gasteiger partial charge in [-0.05, 0) is 31.2 Å². The maximum atomic E-state index is 13.0. The number of nitrogens with one attached hydrogen (secondary N) is 1. The van der Waals surface area contributed by atoms with Crippen LogP contribution in [0, 0.1) is 0 Å². The van der Waals surface area contributed by atoms with Crippen LogP contribution in [0.25, 0.3) is 0 Å². The van der Waals surface area contributed by atoms with E-state index in [1.165, 1.54) is 4.90 Å². The first-order valence-electron chi connectivity index (χ1n) is 10.2. The number of carbonyl (C=O) groups excluding carboxylic acids is 2. The van der Waals surface area contributed by atoms with E-state index in [-0.39, 0.29) is 12.6 Å². The molecule has 0 radical (unpaired) electrons. The molecule has 0 saturated carbocycles. The van der Waals surface area contributed by atoms with Crippen molar-refractivity contribution in [1.29, 1.82) is 0 Å². The zero-order chi connectivity index (χ0) is 21.8. The molecule has 9 heteroatoms. The van der Waals surface area contributed by atoms with E-state index in [2.05, 4.69) is 22.0 Å². The van der Waals surface area contributed by atoms with Gasteiger partial charge in [0.25, 0.3) is 0 Å². The van der Waals surface area contributed by atoms with Crippen LogP contribution < -0.4 is 5.32 Å². The van der Waals surface area contributed by atoms with Crippen molar-refractivity contribution in [3.63, 3.8) is 0 Å². The number of amides is 2. The van der Waals surface area contributed by atoms with Crippen LogP contribution in [0.4, 0.5) is 4.79 Å². The van der Waals surface area contributed by atoms with Gasteiger partial charge in [0.15, 0.2) is 0 Å². The average molecular weight is 455 g/mol. The largest absolute Gasteiger partial charge is 0.463 e. The van der Waals surface area contributed by atoms with Crippen LogP contribution in [0.5, 0.6) is 0 Å². The number of hydrogen-bond donors (Lipinski definition) is 1. The number of rotatable bonds is 6. The summed E-state index contributed by atoms with van der Waals surface area (Å²) < 4.78 is 5.36. The van der Waals surface area contributed by atoms with Gasteiger partial charge in [-0.25, -0.2) is 9.59 Å². The zero-order valence-corrected chi connectivity index (χ0v) is 19.1. The van der Waals surface area contributed by atoms with Crippen molar-refractivity contribution in [1.82, 2.24) is 20.0 Å². The van der Waals surface area contributed by atoms with Crippen molar-refractivity contribution in [2.45, 2.75) is 19.9 Å². The fraction of sp³-hybridized carbons (Fsp3) is 0.524. The number of piperazine rings is 1. The van der Waals surface area contributed by atoms with Gasteiger partial charge in [0.2, 0.25) is 0 Å². The Bertz CT molecular complexity index is 838. The fourth-order valence-electron chi connectivity index (χ4n) is 3.84. The summed E-state index contributed by atoms with van der Waals surface area (Å²) in [5.41, 5.74) is 1.65. The number of esters is 1. The molecule has 2 aliphatic rings. The number of halogens is 2. The summed E-state index contributed by atoms with van der Waals surface area (Å²) >= 11 is 12.5. The minimum Gasteiger partial charge on any atom is -0.463 e. The predicted molar refractivity (Wildman–Crippen MR) is 118 cm³/mol. The third-order valence-electron chi connectivity index (χ3n) is 5.63. The number of hydrogen-bond acceptors (Lipinski definition) is 5. The van der Waals surface area contributed by atoms with Crippen molar-refractivity contribution in [3.05, 3.63) is 45.1 Å². The highest BCUT2D eigenvalue weighted by molar-refractivity contribution is 6.35. The molecule has 2 heterocycles. The first-order valence-corrected chi connectivity index (χ1v) is 10.9. The summed E-state index contributed by atoms with van der Waals surface area (Å²) in [4.78, 5) is 31.9. The lowest BCUT2D eigenvalue weighted by Crippen LogP contribution is -2.52. The second-order valence-corrected chi connectivity index (χ2v) is 8.24. The van der Waals surface area contributed by atoms with Gasteiger partial charge >= 0.3 is 12.0 Å². The van der Waals surface area contributed by atoms with Crippen LogP contribution in [0.3, 0.4) is 0 Å². The van der Waals surface area contributed by atoms with E-state index >= 15 is 0 Å². The van der Waals surface area contributed by atoms with Gasteiger partial charge in [-0.2, -0.15) is 0 Å². The summed E-state index contributed by atoms with van der Waals surface area (Å²) in [6.45, 7) is 9.31. The smallest absolute Gasteiger partial charge is 0.338 e. The third kappa shape index (κ3) is 4.91. The van der Waals surface area contributed by atoms with Crippen molar-refractivity contribution >= 4 is 35.2 Å². The lowest BCUT2D eigenvalue weighted by molar-refractivity contribution is -0.139. The van der Waals surface area contributed by atoms with Crippen molar-refractivity contribution in [2.24, 2.45) is 0 Å². The van der Waals surface area contributed by atoms with E-state index in [4.69, 9.17) is 27.9 Å². The summed E-state index contributed by atoms with van der Waals surface area (Å²) in [7, 11) is 1.67. The van der Waals surface area contributed by atoms with Crippen molar-refractivity contribution < 1.29 is 14.3 Å². The molecule has 0 spiro atoms. The number of likely N-dealkylation sites (N-methyl/N-ethyl adjacent to an activating group) is 2. The molecule has 0 bridgehead atoms. The van der Waals surface area contributed by atoms with Gasteiger partial charge in [-0.1, -0.05) is 36.2 Å². The molecule has 0 aromatic heterocycles. The Morgan fingerprint density at radius 2 is 1.83 bits per heavy atom. The molecular weight excluding hydrogens is 427 g/mol. The van der Waals surface area contributed by atoms with Gasteiger partial charge in [0.05, 0.1) is 18.2 Å². The number of urea groups is 1. The van der Waals surface area contributed by atoms with Gasteiger partial charge in [0.1, 0.15) is 0 Å². The molecule has 0 aliphatic carbocycles. The first kappa shape index (κ1) is 22.9. The highest BCUT2D eigenvalue weighted by Crippen LogP contribution is 2.36. The quantitative estimate of drug-likeness (QED) is 0.668. The van der Waals surface area contributed by atoms with Crippen LogP contribution in [0.15, 0.2) is 29.5 Å². The summed E-state index contributed by atoms with van der Waals surface area (Å²) in [5, 5.41) is 3.76. The molecule has 1 aromatic rings. The van der Waals surface area contributed by atoms with Gasteiger partial charge in [-0.3, -0.25) is 9.80 Å². The monoisotopic (exact) mass is 454 g/mol. The van der Waals surface area contributed by atoms with E-state index in [1.54, 1.807) is 32.2 Å². The van der Waals surface area contributed by atoms with Gasteiger partial charge in [0, 0.05) is 55.5 Å². The second-order valence-electron chi connectivity index (χ2n) is 7.40.